The number of aryl methyl sites for hydroxylation is 1. The van der Waals surface area contributed by atoms with Crippen LogP contribution in [-0.4, -0.2) is 10.9 Å². The molecule has 2 aromatic rings. The van der Waals surface area contributed by atoms with Crippen LogP contribution in [0, 0.1) is 12.8 Å². The Kier molecular flexibility index (Phi) is 3.29. The van der Waals surface area contributed by atoms with Gasteiger partial charge in [-0.05, 0) is 31.9 Å². The predicted molar refractivity (Wildman–Crippen MR) is 78.7 cm³/mol. The first-order chi connectivity index (χ1) is 9.13. The van der Waals surface area contributed by atoms with Gasteiger partial charge in [-0.1, -0.05) is 23.7 Å². The minimum absolute atomic E-state index is 0.0893. The predicted octanol–water partition coefficient (Wildman–Crippen LogP) is 4.12. The Bertz CT molecular complexity index is 634. The zero-order valence-electron chi connectivity index (χ0n) is 10.4. The lowest BCUT2D eigenvalue weighted by atomic mass is 10.1. The van der Waals surface area contributed by atoms with Crippen LogP contribution < -0.4 is 5.32 Å². The molecule has 1 N–H and O–H groups in total. The van der Waals surface area contributed by atoms with E-state index in [9.17, 15) is 4.79 Å². The van der Waals surface area contributed by atoms with Gasteiger partial charge in [-0.2, -0.15) is 0 Å². The van der Waals surface area contributed by atoms with Crippen LogP contribution in [0.3, 0.4) is 0 Å². The molecule has 3 nitrogen and oxygen atoms in total. The number of carbonyl (C=O) groups excluding carboxylic acids is 1. The molecule has 1 saturated carbocycles. The van der Waals surface area contributed by atoms with Gasteiger partial charge in [-0.3, -0.25) is 4.79 Å². The topological polar surface area (TPSA) is 42.0 Å². The van der Waals surface area contributed by atoms with Crippen molar-refractivity contribution in [2.24, 2.45) is 5.92 Å². The Morgan fingerprint density at radius 3 is 2.95 bits per heavy atom. The van der Waals surface area contributed by atoms with Gasteiger partial charge in [0.1, 0.15) is 0 Å². The van der Waals surface area contributed by atoms with E-state index in [1.165, 1.54) is 11.3 Å². The van der Waals surface area contributed by atoms with Gasteiger partial charge in [-0.15, -0.1) is 11.3 Å². The van der Waals surface area contributed by atoms with Crippen molar-refractivity contribution in [1.29, 1.82) is 0 Å². The highest BCUT2D eigenvalue weighted by Gasteiger charge is 2.30. The fourth-order valence-electron chi connectivity index (χ4n) is 1.91. The first kappa shape index (κ1) is 12.6. The number of nitrogens with zero attached hydrogens (tertiary/aromatic N) is 1. The smallest absolute Gasteiger partial charge is 0.229 e. The number of nitrogens with one attached hydrogen (secondary N) is 1. The average molecular weight is 293 g/mol. The Hall–Kier alpha value is -1.39. The maximum Gasteiger partial charge on any atom is 0.229 e. The minimum atomic E-state index is 0.0893. The van der Waals surface area contributed by atoms with Gasteiger partial charge in [0.05, 0.1) is 5.69 Å². The SMILES string of the molecule is Cc1sc(NC(=O)C2CC2)nc1-c1cccc(Cl)c1. The fourth-order valence-corrected chi connectivity index (χ4v) is 2.94. The van der Waals surface area contributed by atoms with Gasteiger partial charge in [0.2, 0.25) is 5.91 Å². The van der Waals surface area contributed by atoms with Crippen LogP contribution in [0.5, 0.6) is 0 Å². The summed E-state index contributed by atoms with van der Waals surface area (Å²) in [6.07, 6.45) is 1.99. The number of rotatable bonds is 3. The van der Waals surface area contributed by atoms with E-state index < -0.39 is 0 Å². The lowest BCUT2D eigenvalue weighted by molar-refractivity contribution is -0.117. The molecule has 1 amide bonds. The summed E-state index contributed by atoms with van der Waals surface area (Å²) in [6.45, 7) is 2.00. The molecule has 1 aromatic carbocycles. The van der Waals surface area contributed by atoms with Crippen LogP contribution in [0.1, 0.15) is 17.7 Å². The van der Waals surface area contributed by atoms with Gasteiger partial charge in [0.25, 0.3) is 0 Å². The molecule has 0 aliphatic heterocycles. The van der Waals surface area contributed by atoms with Gasteiger partial charge in [0, 0.05) is 21.4 Å². The Balaban J connectivity index is 1.86. The summed E-state index contributed by atoms with van der Waals surface area (Å²) in [4.78, 5) is 17.3. The molecule has 3 rings (SSSR count). The van der Waals surface area contributed by atoms with Gasteiger partial charge >= 0.3 is 0 Å². The summed E-state index contributed by atoms with van der Waals surface area (Å²) in [5.41, 5.74) is 1.87. The fraction of sp³-hybridized carbons (Fsp3) is 0.286. The lowest BCUT2D eigenvalue weighted by Crippen LogP contribution is -2.12. The van der Waals surface area contributed by atoms with Crippen molar-refractivity contribution in [1.82, 2.24) is 4.98 Å². The number of hydrogen-bond donors (Lipinski definition) is 1. The molecular formula is C14H13ClN2OS. The van der Waals surface area contributed by atoms with Crippen LogP contribution >= 0.6 is 22.9 Å². The van der Waals surface area contributed by atoms with Gasteiger partial charge in [-0.25, -0.2) is 4.98 Å². The molecule has 1 aliphatic rings. The maximum atomic E-state index is 11.7. The molecule has 1 fully saturated rings. The monoisotopic (exact) mass is 292 g/mol. The van der Waals surface area contributed by atoms with Crippen molar-refractivity contribution in [3.8, 4) is 11.3 Å². The van der Waals surface area contributed by atoms with E-state index >= 15 is 0 Å². The van der Waals surface area contributed by atoms with Crippen molar-refractivity contribution in [3.63, 3.8) is 0 Å². The number of amides is 1. The third-order valence-electron chi connectivity index (χ3n) is 3.07. The Morgan fingerprint density at radius 1 is 1.47 bits per heavy atom. The van der Waals surface area contributed by atoms with Crippen LogP contribution in [0.2, 0.25) is 5.02 Å². The van der Waals surface area contributed by atoms with E-state index in [1.807, 2.05) is 31.2 Å². The van der Waals surface area contributed by atoms with Crippen LogP contribution in [0.4, 0.5) is 5.13 Å². The number of aromatic nitrogens is 1. The second kappa shape index (κ2) is 4.94. The highest BCUT2D eigenvalue weighted by molar-refractivity contribution is 7.16. The minimum Gasteiger partial charge on any atom is -0.302 e. The highest BCUT2D eigenvalue weighted by atomic mass is 35.5. The van der Waals surface area contributed by atoms with E-state index in [1.54, 1.807) is 0 Å². The molecule has 0 atom stereocenters. The van der Waals surface area contributed by atoms with Crippen molar-refractivity contribution in [2.75, 3.05) is 5.32 Å². The molecule has 0 radical (unpaired) electrons. The molecule has 1 heterocycles. The summed E-state index contributed by atoms with van der Waals surface area (Å²) < 4.78 is 0. The van der Waals surface area contributed by atoms with Crippen LogP contribution in [-0.2, 0) is 4.79 Å². The van der Waals surface area contributed by atoms with Crippen molar-refractivity contribution < 1.29 is 4.79 Å². The molecule has 0 saturated heterocycles. The van der Waals surface area contributed by atoms with Crippen LogP contribution in [0.25, 0.3) is 11.3 Å². The third-order valence-corrected chi connectivity index (χ3v) is 4.19. The number of carbonyl (C=O) groups is 1. The van der Waals surface area contributed by atoms with Crippen molar-refractivity contribution >= 4 is 34.0 Å². The van der Waals surface area contributed by atoms with Crippen LogP contribution in [0.15, 0.2) is 24.3 Å². The molecule has 5 heteroatoms. The number of halogens is 1. The van der Waals surface area contributed by atoms with E-state index in [0.717, 1.165) is 29.0 Å². The molecule has 98 valence electrons. The highest BCUT2D eigenvalue weighted by Crippen LogP contribution is 2.34. The molecular weight excluding hydrogens is 280 g/mol. The largest absolute Gasteiger partial charge is 0.302 e. The number of benzene rings is 1. The summed E-state index contributed by atoms with van der Waals surface area (Å²) in [5.74, 6) is 0.283. The first-order valence-corrected chi connectivity index (χ1v) is 7.37. The number of hydrogen-bond acceptors (Lipinski definition) is 3. The van der Waals surface area contributed by atoms with Crippen molar-refractivity contribution in [2.45, 2.75) is 19.8 Å². The summed E-state index contributed by atoms with van der Waals surface area (Å²) in [6, 6.07) is 7.60. The summed E-state index contributed by atoms with van der Waals surface area (Å²) in [7, 11) is 0. The third kappa shape index (κ3) is 2.80. The van der Waals surface area contributed by atoms with E-state index in [2.05, 4.69) is 10.3 Å². The molecule has 1 aromatic heterocycles. The lowest BCUT2D eigenvalue weighted by Gasteiger charge is -1.99. The Labute approximate surface area is 120 Å². The molecule has 19 heavy (non-hydrogen) atoms. The van der Waals surface area contributed by atoms with E-state index in [4.69, 9.17) is 11.6 Å². The average Bonchev–Trinajstić information content (AvgIpc) is 3.14. The molecule has 1 aliphatic carbocycles. The Morgan fingerprint density at radius 2 is 2.26 bits per heavy atom. The standard InChI is InChI=1S/C14H13ClN2OS/c1-8-12(10-3-2-4-11(15)7-10)16-14(19-8)17-13(18)9-5-6-9/h2-4,7,9H,5-6H2,1H3,(H,16,17,18). The molecule has 0 spiro atoms. The zero-order chi connectivity index (χ0) is 13.4. The second-order valence-electron chi connectivity index (χ2n) is 4.70. The van der Waals surface area contributed by atoms with E-state index in [-0.39, 0.29) is 11.8 Å². The van der Waals surface area contributed by atoms with Gasteiger partial charge in [0.15, 0.2) is 5.13 Å². The quantitative estimate of drug-likeness (QED) is 0.924. The maximum absolute atomic E-state index is 11.7. The number of thiazole rings is 1. The van der Waals surface area contributed by atoms with E-state index in [0.29, 0.717) is 10.2 Å². The second-order valence-corrected chi connectivity index (χ2v) is 6.34. The number of anilines is 1. The zero-order valence-corrected chi connectivity index (χ0v) is 12.0. The molecule has 0 unspecified atom stereocenters. The summed E-state index contributed by atoms with van der Waals surface area (Å²) in [5, 5.41) is 4.24. The van der Waals surface area contributed by atoms with Gasteiger partial charge < -0.3 is 5.32 Å². The first-order valence-electron chi connectivity index (χ1n) is 6.18. The normalized spacial score (nSPS) is 14.4. The summed E-state index contributed by atoms with van der Waals surface area (Å²) >= 11 is 7.50. The molecule has 0 bridgehead atoms. The van der Waals surface area contributed by atoms with Crippen molar-refractivity contribution in [3.05, 3.63) is 34.2 Å².